The van der Waals surface area contributed by atoms with Gasteiger partial charge in [0.05, 0.1) is 25.0 Å². The van der Waals surface area contributed by atoms with Crippen molar-refractivity contribution in [2.24, 2.45) is 0 Å². The van der Waals surface area contributed by atoms with Gasteiger partial charge in [0, 0.05) is 24.8 Å². The van der Waals surface area contributed by atoms with Gasteiger partial charge in [-0.1, -0.05) is 6.07 Å². The molecular formula is C19H22N4O3. The first-order chi connectivity index (χ1) is 12.7. The summed E-state index contributed by atoms with van der Waals surface area (Å²) in [6, 6.07) is 10.5. The Bertz CT molecular complexity index is 780. The van der Waals surface area contributed by atoms with E-state index >= 15 is 0 Å². The number of methoxy groups -OCH3 is 1. The fourth-order valence-corrected chi connectivity index (χ4v) is 2.89. The van der Waals surface area contributed by atoms with Crippen LogP contribution in [0.2, 0.25) is 0 Å². The molecule has 0 radical (unpaired) electrons. The normalized spacial score (nSPS) is 14.0. The van der Waals surface area contributed by atoms with Crippen LogP contribution in [0.25, 0.3) is 0 Å². The molecule has 7 heteroatoms. The van der Waals surface area contributed by atoms with Gasteiger partial charge < -0.3 is 20.3 Å². The third-order valence-corrected chi connectivity index (χ3v) is 4.21. The molecule has 0 unspecified atom stereocenters. The second-order valence-corrected chi connectivity index (χ2v) is 6.02. The van der Waals surface area contributed by atoms with Crippen molar-refractivity contribution >= 4 is 23.3 Å². The van der Waals surface area contributed by atoms with Gasteiger partial charge in [0.1, 0.15) is 5.75 Å². The van der Waals surface area contributed by atoms with Crippen LogP contribution in [-0.2, 0) is 11.3 Å². The number of benzene rings is 1. The van der Waals surface area contributed by atoms with Crippen molar-refractivity contribution in [2.75, 3.05) is 23.9 Å². The number of hydrogen-bond donors (Lipinski definition) is 2. The fraction of sp³-hybridized carbons (Fsp3) is 0.316. The van der Waals surface area contributed by atoms with Gasteiger partial charge in [0.25, 0.3) is 0 Å². The molecule has 0 saturated carbocycles. The Morgan fingerprint density at radius 2 is 2.15 bits per heavy atom. The number of nitrogens with zero attached hydrogens (tertiary/aromatic N) is 2. The number of carbonyl (C=O) groups excluding carboxylic acids is 2. The molecule has 2 heterocycles. The largest absolute Gasteiger partial charge is 0.495 e. The molecule has 3 rings (SSSR count). The molecule has 136 valence electrons. The first-order valence-corrected chi connectivity index (χ1v) is 8.60. The van der Waals surface area contributed by atoms with Crippen LogP contribution >= 0.6 is 0 Å². The van der Waals surface area contributed by atoms with E-state index in [0.29, 0.717) is 36.6 Å². The molecule has 0 aliphatic carbocycles. The molecule has 0 atom stereocenters. The summed E-state index contributed by atoms with van der Waals surface area (Å²) in [6.07, 6.45) is 4.08. The first kappa shape index (κ1) is 17.7. The van der Waals surface area contributed by atoms with E-state index in [1.165, 1.54) is 0 Å². The van der Waals surface area contributed by atoms with Crippen molar-refractivity contribution in [3.8, 4) is 5.75 Å². The minimum absolute atomic E-state index is 0.0753. The first-order valence-electron chi connectivity index (χ1n) is 8.60. The minimum atomic E-state index is -0.336. The van der Waals surface area contributed by atoms with Gasteiger partial charge in [0.15, 0.2) is 0 Å². The maximum atomic E-state index is 12.2. The predicted molar refractivity (Wildman–Crippen MR) is 99.3 cm³/mol. The number of pyridine rings is 1. The monoisotopic (exact) mass is 354 g/mol. The third-order valence-electron chi connectivity index (χ3n) is 4.21. The number of rotatable bonds is 5. The summed E-state index contributed by atoms with van der Waals surface area (Å²) in [4.78, 5) is 30.2. The van der Waals surface area contributed by atoms with Crippen molar-refractivity contribution in [1.29, 1.82) is 0 Å². The lowest BCUT2D eigenvalue weighted by Gasteiger charge is -2.28. The van der Waals surface area contributed by atoms with Crippen LogP contribution in [0.15, 0.2) is 42.6 Å². The summed E-state index contributed by atoms with van der Waals surface area (Å²) in [5.74, 6) is 0.686. The van der Waals surface area contributed by atoms with Crippen LogP contribution < -0.4 is 20.3 Å². The quantitative estimate of drug-likeness (QED) is 0.865. The maximum absolute atomic E-state index is 12.2. The topological polar surface area (TPSA) is 83.6 Å². The average Bonchev–Trinajstić information content (AvgIpc) is 2.67. The SMILES string of the molecule is COc1ccc(NC(=O)NCc2ccccn2)cc1N1CCCCC1=O. The van der Waals surface area contributed by atoms with E-state index in [1.807, 2.05) is 18.2 Å². The molecule has 1 aromatic carbocycles. The number of hydrogen-bond acceptors (Lipinski definition) is 4. The molecule has 3 amide bonds. The van der Waals surface area contributed by atoms with Gasteiger partial charge in [-0.25, -0.2) is 4.79 Å². The number of ether oxygens (including phenoxy) is 1. The van der Waals surface area contributed by atoms with Gasteiger partial charge in [0.2, 0.25) is 5.91 Å². The average molecular weight is 354 g/mol. The lowest BCUT2D eigenvalue weighted by Crippen LogP contribution is -2.35. The molecule has 2 aromatic rings. The standard InChI is InChI=1S/C19H22N4O3/c1-26-17-9-8-14(12-16(17)23-11-5-3-7-18(23)24)22-19(25)21-13-15-6-2-4-10-20-15/h2,4,6,8-10,12H,3,5,7,11,13H2,1H3,(H2,21,22,25). The smallest absolute Gasteiger partial charge is 0.319 e. The van der Waals surface area contributed by atoms with Crippen LogP contribution in [0.3, 0.4) is 0 Å². The van der Waals surface area contributed by atoms with Crippen LogP contribution in [0, 0.1) is 0 Å². The van der Waals surface area contributed by atoms with Crippen LogP contribution in [0.4, 0.5) is 16.2 Å². The van der Waals surface area contributed by atoms with Gasteiger partial charge >= 0.3 is 6.03 Å². The Morgan fingerprint density at radius 1 is 1.27 bits per heavy atom. The van der Waals surface area contributed by atoms with E-state index in [4.69, 9.17) is 4.74 Å². The summed E-state index contributed by atoms with van der Waals surface area (Å²) >= 11 is 0. The highest BCUT2D eigenvalue weighted by Crippen LogP contribution is 2.33. The molecule has 7 nitrogen and oxygen atoms in total. The number of amides is 3. The molecular weight excluding hydrogens is 332 g/mol. The van der Waals surface area contributed by atoms with Gasteiger partial charge in [-0.15, -0.1) is 0 Å². The molecule has 1 aromatic heterocycles. The lowest BCUT2D eigenvalue weighted by molar-refractivity contribution is -0.119. The van der Waals surface area contributed by atoms with Gasteiger partial charge in [-0.05, 0) is 43.2 Å². The minimum Gasteiger partial charge on any atom is -0.495 e. The van der Waals surface area contributed by atoms with Crippen molar-refractivity contribution < 1.29 is 14.3 Å². The number of carbonyl (C=O) groups is 2. The molecule has 1 aliphatic rings. The van der Waals surface area contributed by atoms with Crippen LogP contribution in [0.5, 0.6) is 5.75 Å². The highest BCUT2D eigenvalue weighted by molar-refractivity contribution is 5.97. The maximum Gasteiger partial charge on any atom is 0.319 e. The number of piperidine rings is 1. The second-order valence-electron chi connectivity index (χ2n) is 6.02. The van der Waals surface area contributed by atoms with Crippen molar-refractivity contribution in [3.63, 3.8) is 0 Å². The Hall–Kier alpha value is -3.09. The molecule has 2 N–H and O–H groups in total. The van der Waals surface area contributed by atoms with Crippen LogP contribution in [0.1, 0.15) is 25.0 Å². The van der Waals surface area contributed by atoms with Gasteiger partial charge in [-0.3, -0.25) is 9.78 Å². The van der Waals surface area contributed by atoms with E-state index in [9.17, 15) is 9.59 Å². The zero-order valence-corrected chi connectivity index (χ0v) is 14.7. The summed E-state index contributed by atoms with van der Waals surface area (Å²) in [5.41, 5.74) is 2.05. The van der Waals surface area contributed by atoms with Crippen LogP contribution in [-0.4, -0.2) is 30.6 Å². The third kappa shape index (κ3) is 4.30. The van der Waals surface area contributed by atoms with E-state index in [0.717, 1.165) is 18.5 Å². The summed E-state index contributed by atoms with van der Waals surface area (Å²) in [7, 11) is 1.57. The van der Waals surface area contributed by atoms with E-state index in [1.54, 1.807) is 36.4 Å². The zero-order chi connectivity index (χ0) is 18.4. The number of nitrogens with one attached hydrogen (secondary N) is 2. The predicted octanol–water partition coefficient (Wildman–Crippen LogP) is 2.93. The molecule has 1 fully saturated rings. The summed E-state index contributed by atoms with van der Waals surface area (Å²) in [5, 5.41) is 5.55. The Kier molecular flexibility index (Phi) is 5.68. The fourth-order valence-electron chi connectivity index (χ4n) is 2.89. The van der Waals surface area contributed by atoms with E-state index in [-0.39, 0.29) is 11.9 Å². The highest BCUT2D eigenvalue weighted by Gasteiger charge is 2.23. The Balaban J connectivity index is 1.69. The Labute approximate surface area is 152 Å². The molecule has 1 saturated heterocycles. The van der Waals surface area contributed by atoms with E-state index in [2.05, 4.69) is 15.6 Å². The number of aromatic nitrogens is 1. The second kappa shape index (κ2) is 8.33. The van der Waals surface area contributed by atoms with Crippen molar-refractivity contribution in [2.45, 2.75) is 25.8 Å². The summed E-state index contributed by atoms with van der Waals surface area (Å²) in [6.45, 7) is 0.991. The van der Waals surface area contributed by atoms with Crippen molar-refractivity contribution in [3.05, 3.63) is 48.3 Å². The summed E-state index contributed by atoms with van der Waals surface area (Å²) < 4.78 is 5.38. The molecule has 1 aliphatic heterocycles. The highest BCUT2D eigenvalue weighted by atomic mass is 16.5. The number of urea groups is 1. The molecule has 0 bridgehead atoms. The Morgan fingerprint density at radius 3 is 2.88 bits per heavy atom. The zero-order valence-electron chi connectivity index (χ0n) is 14.7. The molecule has 26 heavy (non-hydrogen) atoms. The molecule has 0 spiro atoms. The van der Waals surface area contributed by atoms with E-state index < -0.39 is 0 Å². The number of anilines is 2. The van der Waals surface area contributed by atoms with Gasteiger partial charge in [-0.2, -0.15) is 0 Å². The van der Waals surface area contributed by atoms with Crippen molar-refractivity contribution in [1.82, 2.24) is 10.3 Å². The lowest BCUT2D eigenvalue weighted by atomic mass is 10.1.